The SMILES string of the molecule is COc1ccc([C@H](C)NCc2ccc(O)c(O)c2)cc1. The topological polar surface area (TPSA) is 61.7 Å². The maximum Gasteiger partial charge on any atom is 0.157 e. The molecule has 4 heteroatoms. The Morgan fingerprint density at radius 2 is 1.75 bits per heavy atom. The maximum atomic E-state index is 9.45. The van der Waals surface area contributed by atoms with Gasteiger partial charge >= 0.3 is 0 Å². The van der Waals surface area contributed by atoms with Gasteiger partial charge in [0.15, 0.2) is 11.5 Å². The molecule has 0 amide bonds. The van der Waals surface area contributed by atoms with Crippen LogP contribution in [0.2, 0.25) is 0 Å². The molecule has 0 unspecified atom stereocenters. The summed E-state index contributed by atoms with van der Waals surface area (Å²) in [6.45, 7) is 2.68. The lowest BCUT2D eigenvalue weighted by Gasteiger charge is -2.15. The number of ether oxygens (including phenoxy) is 1. The van der Waals surface area contributed by atoms with Crippen molar-refractivity contribution in [1.82, 2.24) is 5.32 Å². The Morgan fingerprint density at radius 1 is 1.05 bits per heavy atom. The minimum absolute atomic E-state index is 0.0959. The Hall–Kier alpha value is -2.20. The fraction of sp³-hybridized carbons (Fsp3) is 0.250. The first-order valence-corrected chi connectivity index (χ1v) is 6.48. The van der Waals surface area contributed by atoms with E-state index in [0.717, 1.165) is 16.9 Å². The van der Waals surface area contributed by atoms with Crippen molar-refractivity contribution in [3.8, 4) is 17.2 Å². The fourth-order valence-electron chi connectivity index (χ4n) is 1.96. The molecule has 20 heavy (non-hydrogen) atoms. The molecule has 2 rings (SSSR count). The molecule has 0 aliphatic heterocycles. The van der Waals surface area contributed by atoms with Gasteiger partial charge in [-0.25, -0.2) is 0 Å². The molecular formula is C16H19NO3. The van der Waals surface area contributed by atoms with E-state index in [0.29, 0.717) is 6.54 Å². The Morgan fingerprint density at radius 3 is 2.35 bits per heavy atom. The van der Waals surface area contributed by atoms with Crippen LogP contribution >= 0.6 is 0 Å². The van der Waals surface area contributed by atoms with Crippen LogP contribution in [0.4, 0.5) is 0 Å². The number of nitrogens with one attached hydrogen (secondary N) is 1. The molecule has 0 spiro atoms. The van der Waals surface area contributed by atoms with Gasteiger partial charge < -0.3 is 20.3 Å². The summed E-state index contributed by atoms with van der Waals surface area (Å²) in [4.78, 5) is 0. The zero-order valence-corrected chi connectivity index (χ0v) is 11.6. The predicted octanol–water partition coefficient (Wildman–Crippen LogP) is 2.96. The van der Waals surface area contributed by atoms with Crippen LogP contribution in [0.3, 0.4) is 0 Å². The third-order valence-electron chi connectivity index (χ3n) is 3.27. The monoisotopic (exact) mass is 273 g/mol. The molecule has 2 aromatic rings. The highest BCUT2D eigenvalue weighted by molar-refractivity contribution is 5.40. The van der Waals surface area contributed by atoms with E-state index in [1.807, 2.05) is 24.3 Å². The number of aromatic hydroxyl groups is 2. The van der Waals surface area contributed by atoms with Crippen molar-refractivity contribution >= 4 is 0 Å². The minimum atomic E-state index is -0.100. The summed E-state index contributed by atoms with van der Waals surface area (Å²) in [5, 5.41) is 22.1. The van der Waals surface area contributed by atoms with Gasteiger partial charge in [0.25, 0.3) is 0 Å². The molecule has 0 aliphatic carbocycles. The normalized spacial score (nSPS) is 12.1. The average Bonchev–Trinajstić information content (AvgIpc) is 2.48. The van der Waals surface area contributed by atoms with Crippen LogP contribution in [-0.4, -0.2) is 17.3 Å². The van der Waals surface area contributed by atoms with Gasteiger partial charge in [0.05, 0.1) is 7.11 Å². The van der Waals surface area contributed by atoms with Crippen molar-refractivity contribution in [3.05, 3.63) is 53.6 Å². The molecule has 2 aromatic carbocycles. The largest absolute Gasteiger partial charge is 0.504 e. The van der Waals surface area contributed by atoms with Crippen LogP contribution in [0.5, 0.6) is 17.2 Å². The maximum absolute atomic E-state index is 9.45. The number of phenolic OH excluding ortho intramolecular Hbond substituents is 2. The van der Waals surface area contributed by atoms with Gasteiger partial charge in [-0.05, 0) is 42.3 Å². The third kappa shape index (κ3) is 3.42. The molecule has 0 saturated heterocycles. The van der Waals surface area contributed by atoms with Crippen molar-refractivity contribution in [3.63, 3.8) is 0 Å². The molecule has 4 nitrogen and oxygen atoms in total. The van der Waals surface area contributed by atoms with E-state index < -0.39 is 0 Å². The number of methoxy groups -OCH3 is 1. The fourth-order valence-corrected chi connectivity index (χ4v) is 1.96. The van der Waals surface area contributed by atoms with Crippen molar-refractivity contribution in [2.75, 3.05) is 7.11 Å². The van der Waals surface area contributed by atoms with Gasteiger partial charge in [0.1, 0.15) is 5.75 Å². The molecule has 0 radical (unpaired) electrons. The van der Waals surface area contributed by atoms with Gasteiger partial charge in [-0.15, -0.1) is 0 Å². The Balaban J connectivity index is 1.96. The van der Waals surface area contributed by atoms with Gasteiger partial charge in [-0.1, -0.05) is 18.2 Å². The van der Waals surface area contributed by atoms with E-state index in [4.69, 9.17) is 4.74 Å². The quantitative estimate of drug-likeness (QED) is 0.733. The predicted molar refractivity (Wildman–Crippen MR) is 78.0 cm³/mol. The molecule has 1 atom stereocenters. The van der Waals surface area contributed by atoms with Crippen molar-refractivity contribution in [2.24, 2.45) is 0 Å². The molecule has 106 valence electrons. The molecule has 0 saturated carbocycles. The first-order chi connectivity index (χ1) is 9.60. The molecule has 3 N–H and O–H groups in total. The Labute approximate surface area is 118 Å². The van der Waals surface area contributed by atoms with E-state index in [2.05, 4.69) is 12.2 Å². The summed E-state index contributed by atoms with van der Waals surface area (Å²) in [7, 11) is 1.65. The highest BCUT2D eigenvalue weighted by atomic mass is 16.5. The lowest BCUT2D eigenvalue weighted by atomic mass is 10.1. The van der Waals surface area contributed by atoms with E-state index in [-0.39, 0.29) is 17.5 Å². The summed E-state index contributed by atoms with van der Waals surface area (Å²) in [5.74, 6) is 0.641. The lowest BCUT2D eigenvalue weighted by molar-refractivity contribution is 0.402. The number of hydrogen-bond donors (Lipinski definition) is 3. The van der Waals surface area contributed by atoms with Crippen LogP contribution in [-0.2, 0) is 6.54 Å². The minimum Gasteiger partial charge on any atom is -0.504 e. The van der Waals surface area contributed by atoms with E-state index in [1.54, 1.807) is 19.2 Å². The van der Waals surface area contributed by atoms with Crippen LogP contribution in [0, 0.1) is 0 Å². The van der Waals surface area contributed by atoms with Gasteiger partial charge in [0.2, 0.25) is 0 Å². The second-order valence-electron chi connectivity index (χ2n) is 4.70. The van der Waals surface area contributed by atoms with Gasteiger partial charge in [-0.3, -0.25) is 0 Å². The average molecular weight is 273 g/mol. The highest BCUT2D eigenvalue weighted by Gasteiger charge is 2.06. The third-order valence-corrected chi connectivity index (χ3v) is 3.27. The molecule has 0 aromatic heterocycles. The van der Waals surface area contributed by atoms with Crippen LogP contribution in [0.1, 0.15) is 24.1 Å². The standard InChI is InChI=1S/C16H19NO3/c1-11(13-4-6-14(20-2)7-5-13)17-10-12-3-8-15(18)16(19)9-12/h3-9,11,17-19H,10H2,1-2H3/t11-/m0/s1. The smallest absolute Gasteiger partial charge is 0.157 e. The summed E-state index contributed by atoms with van der Waals surface area (Å²) in [5.41, 5.74) is 2.08. The summed E-state index contributed by atoms with van der Waals surface area (Å²) in [6.07, 6.45) is 0. The second kappa shape index (κ2) is 6.30. The van der Waals surface area contributed by atoms with Crippen molar-refractivity contribution < 1.29 is 14.9 Å². The molecule has 0 fully saturated rings. The Kier molecular flexibility index (Phi) is 4.48. The number of hydrogen-bond acceptors (Lipinski definition) is 4. The lowest BCUT2D eigenvalue weighted by Crippen LogP contribution is -2.17. The number of rotatable bonds is 5. The second-order valence-corrected chi connectivity index (χ2v) is 4.70. The van der Waals surface area contributed by atoms with Crippen molar-refractivity contribution in [2.45, 2.75) is 19.5 Å². The summed E-state index contributed by atoms with van der Waals surface area (Å²) < 4.78 is 5.13. The van der Waals surface area contributed by atoms with Crippen LogP contribution in [0.15, 0.2) is 42.5 Å². The van der Waals surface area contributed by atoms with E-state index in [9.17, 15) is 10.2 Å². The van der Waals surface area contributed by atoms with E-state index in [1.165, 1.54) is 6.07 Å². The Bertz CT molecular complexity index is 566. The number of phenols is 2. The van der Waals surface area contributed by atoms with Crippen LogP contribution < -0.4 is 10.1 Å². The summed E-state index contributed by atoms with van der Waals surface area (Å²) in [6, 6.07) is 12.9. The highest BCUT2D eigenvalue weighted by Crippen LogP contribution is 2.25. The molecule has 0 aliphatic rings. The molecule has 0 heterocycles. The zero-order valence-electron chi connectivity index (χ0n) is 11.6. The number of benzene rings is 2. The van der Waals surface area contributed by atoms with Gasteiger partial charge in [0, 0.05) is 12.6 Å². The van der Waals surface area contributed by atoms with Gasteiger partial charge in [-0.2, -0.15) is 0 Å². The van der Waals surface area contributed by atoms with Crippen molar-refractivity contribution in [1.29, 1.82) is 0 Å². The summed E-state index contributed by atoms with van der Waals surface area (Å²) >= 11 is 0. The van der Waals surface area contributed by atoms with Crippen LogP contribution in [0.25, 0.3) is 0 Å². The zero-order chi connectivity index (χ0) is 14.5. The first kappa shape index (κ1) is 14.2. The first-order valence-electron chi connectivity index (χ1n) is 6.48. The molecule has 0 bridgehead atoms. The molecular weight excluding hydrogens is 254 g/mol. The van der Waals surface area contributed by atoms with E-state index >= 15 is 0 Å².